The van der Waals surface area contributed by atoms with E-state index in [1.165, 1.54) is 22.5 Å². The van der Waals surface area contributed by atoms with Crippen molar-refractivity contribution < 1.29 is 22.3 Å². The van der Waals surface area contributed by atoms with Crippen molar-refractivity contribution in [2.75, 3.05) is 26.8 Å². The molecule has 2 heterocycles. The lowest BCUT2D eigenvalue weighted by molar-refractivity contribution is -0.173. The Hall–Kier alpha value is -1.02. The van der Waals surface area contributed by atoms with Gasteiger partial charge in [0.05, 0.1) is 16.6 Å². The van der Waals surface area contributed by atoms with Gasteiger partial charge in [-0.05, 0) is 24.6 Å². The van der Waals surface area contributed by atoms with Gasteiger partial charge in [0, 0.05) is 33.2 Å². The molecule has 116 valence electrons. The molecule has 2 saturated heterocycles. The number of halogens is 1. The van der Waals surface area contributed by atoms with Crippen LogP contribution in [0.4, 0.5) is 4.39 Å². The molecule has 0 amide bonds. The lowest BCUT2D eigenvalue weighted by Crippen LogP contribution is -2.67. The molecule has 21 heavy (non-hydrogen) atoms. The summed E-state index contributed by atoms with van der Waals surface area (Å²) >= 11 is 0. The normalized spacial score (nSPS) is 25.7. The minimum absolute atomic E-state index is 0.0172. The summed E-state index contributed by atoms with van der Waals surface area (Å²) in [5.41, 5.74) is -0.445. The van der Waals surface area contributed by atoms with E-state index in [1.54, 1.807) is 7.11 Å². The van der Waals surface area contributed by atoms with Gasteiger partial charge in [-0.25, -0.2) is 12.8 Å². The minimum atomic E-state index is -3.65. The molecule has 0 unspecified atom stereocenters. The summed E-state index contributed by atoms with van der Waals surface area (Å²) in [6.07, 6.45) is 1.63. The van der Waals surface area contributed by atoms with Gasteiger partial charge < -0.3 is 9.47 Å². The van der Waals surface area contributed by atoms with Crippen LogP contribution in [0.3, 0.4) is 0 Å². The van der Waals surface area contributed by atoms with Crippen LogP contribution in [-0.2, 0) is 19.5 Å². The van der Waals surface area contributed by atoms with Gasteiger partial charge in [-0.1, -0.05) is 6.07 Å². The summed E-state index contributed by atoms with van der Waals surface area (Å²) in [4.78, 5) is -0.0172. The summed E-state index contributed by atoms with van der Waals surface area (Å²) in [5.74, 6) is -0.556. The quantitative estimate of drug-likeness (QED) is 0.846. The second kappa shape index (κ2) is 5.31. The summed E-state index contributed by atoms with van der Waals surface area (Å²) < 4.78 is 50.5. The van der Waals surface area contributed by atoms with E-state index in [1.807, 2.05) is 0 Å². The first-order valence-electron chi connectivity index (χ1n) is 6.88. The number of nitrogens with zero attached hydrogens (tertiary/aromatic N) is 1. The van der Waals surface area contributed by atoms with E-state index in [4.69, 9.17) is 9.47 Å². The van der Waals surface area contributed by atoms with Crippen LogP contribution in [0.25, 0.3) is 0 Å². The fraction of sp³-hybridized carbons (Fsp3) is 0.571. The Kier molecular flexibility index (Phi) is 3.77. The molecule has 5 nitrogen and oxygen atoms in total. The van der Waals surface area contributed by atoms with Crippen molar-refractivity contribution in [3.63, 3.8) is 0 Å². The average Bonchev–Trinajstić information content (AvgIpc) is 2.44. The first-order chi connectivity index (χ1) is 9.95. The maximum Gasteiger partial charge on any atom is 0.243 e. The smallest absolute Gasteiger partial charge is 0.243 e. The third-order valence-electron chi connectivity index (χ3n) is 4.14. The zero-order valence-electron chi connectivity index (χ0n) is 11.8. The van der Waals surface area contributed by atoms with E-state index < -0.39 is 21.4 Å². The number of benzene rings is 1. The van der Waals surface area contributed by atoms with E-state index >= 15 is 0 Å². The Morgan fingerprint density at radius 2 is 2.19 bits per heavy atom. The van der Waals surface area contributed by atoms with Crippen LogP contribution in [0, 0.1) is 5.82 Å². The molecule has 0 aliphatic carbocycles. The molecule has 1 aromatic rings. The van der Waals surface area contributed by atoms with Crippen molar-refractivity contribution in [1.82, 2.24) is 4.31 Å². The second-order valence-electron chi connectivity index (χ2n) is 5.61. The molecule has 7 heteroatoms. The van der Waals surface area contributed by atoms with E-state index in [2.05, 4.69) is 0 Å². The van der Waals surface area contributed by atoms with Gasteiger partial charge in [0.1, 0.15) is 5.82 Å². The van der Waals surface area contributed by atoms with Gasteiger partial charge in [0.2, 0.25) is 10.0 Å². The van der Waals surface area contributed by atoms with Crippen LogP contribution < -0.4 is 0 Å². The van der Waals surface area contributed by atoms with Crippen LogP contribution in [0.2, 0.25) is 0 Å². The fourth-order valence-corrected chi connectivity index (χ4v) is 4.57. The molecule has 0 saturated carbocycles. The minimum Gasteiger partial charge on any atom is -0.381 e. The summed E-state index contributed by atoms with van der Waals surface area (Å²) in [5, 5.41) is 0. The van der Waals surface area contributed by atoms with Crippen LogP contribution in [0.15, 0.2) is 29.2 Å². The molecule has 2 fully saturated rings. The van der Waals surface area contributed by atoms with E-state index in [9.17, 15) is 12.8 Å². The van der Waals surface area contributed by atoms with E-state index in [0.29, 0.717) is 26.1 Å². The van der Waals surface area contributed by atoms with Crippen molar-refractivity contribution in [2.24, 2.45) is 0 Å². The molecule has 0 radical (unpaired) electrons. The van der Waals surface area contributed by atoms with E-state index in [0.717, 1.165) is 12.5 Å². The first kappa shape index (κ1) is 14.9. The molecule has 2 aliphatic heterocycles. The molecular weight excluding hydrogens is 297 g/mol. The zero-order chi connectivity index (χ0) is 15.1. The highest BCUT2D eigenvalue weighted by Crippen LogP contribution is 2.38. The highest BCUT2D eigenvalue weighted by Gasteiger charge is 2.52. The van der Waals surface area contributed by atoms with Crippen molar-refractivity contribution in [1.29, 1.82) is 0 Å². The number of hydrogen-bond donors (Lipinski definition) is 0. The van der Waals surface area contributed by atoms with Crippen molar-refractivity contribution in [3.05, 3.63) is 30.1 Å². The monoisotopic (exact) mass is 315 g/mol. The summed E-state index contributed by atoms with van der Waals surface area (Å²) in [7, 11) is -2.00. The topological polar surface area (TPSA) is 55.8 Å². The number of methoxy groups -OCH3 is 1. The molecular formula is C14H18FNO4S. The van der Waals surface area contributed by atoms with Crippen LogP contribution in [0.1, 0.15) is 12.8 Å². The maximum absolute atomic E-state index is 13.2. The van der Waals surface area contributed by atoms with Gasteiger partial charge in [-0.3, -0.25) is 0 Å². The lowest BCUT2D eigenvalue weighted by atomic mass is 9.86. The highest BCUT2D eigenvalue weighted by molar-refractivity contribution is 7.89. The maximum atomic E-state index is 13.2. The van der Waals surface area contributed by atoms with Crippen LogP contribution >= 0.6 is 0 Å². The van der Waals surface area contributed by atoms with Crippen LogP contribution in [-0.4, -0.2) is 51.2 Å². The average molecular weight is 315 g/mol. The lowest BCUT2D eigenvalue weighted by Gasteiger charge is -2.51. The highest BCUT2D eigenvalue weighted by atomic mass is 32.2. The summed E-state index contributed by atoms with van der Waals surface area (Å²) in [6, 6.07) is 5.07. The number of hydrogen-bond acceptors (Lipinski definition) is 4. The van der Waals surface area contributed by atoms with Gasteiger partial charge in [-0.15, -0.1) is 0 Å². The van der Waals surface area contributed by atoms with Gasteiger partial charge in [-0.2, -0.15) is 4.31 Å². The van der Waals surface area contributed by atoms with Gasteiger partial charge >= 0.3 is 0 Å². The molecule has 3 rings (SSSR count). The Morgan fingerprint density at radius 3 is 2.86 bits per heavy atom. The molecule has 1 spiro atoms. The Bertz CT molecular complexity index is 628. The predicted octanol–water partition coefficient (Wildman–Crippen LogP) is 1.39. The Labute approximate surface area is 123 Å². The standard InChI is InChI=1S/C14H18FNO4S/c1-19-12-5-6-20-14(8-12)9-16(10-14)21(17,18)13-4-2-3-11(15)7-13/h2-4,7,12H,5-6,8-10H2,1H3/t12-/m1/s1. The molecule has 1 aromatic carbocycles. The third-order valence-corrected chi connectivity index (χ3v) is 5.93. The van der Waals surface area contributed by atoms with Gasteiger partial charge in [0.15, 0.2) is 0 Å². The van der Waals surface area contributed by atoms with Crippen molar-refractivity contribution in [3.8, 4) is 0 Å². The SMILES string of the molecule is CO[C@@H]1CCOC2(C1)CN(S(=O)(=O)c1cccc(F)c1)C2. The summed E-state index contributed by atoms with van der Waals surface area (Å²) in [6.45, 7) is 1.17. The molecule has 1 atom stereocenters. The number of ether oxygens (including phenoxy) is 2. The third kappa shape index (κ3) is 2.70. The van der Waals surface area contributed by atoms with Crippen molar-refractivity contribution in [2.45, 2.75) is 29.4 Å². The first-order valence-corrected chi connectivity index (χ1v) is 8.32. The molecule has 0 N–H and O–H groups in total. The van der Waals surface area contributed by atoms with Crippen LogP contribution in [0.5, 0.6) is 0 Å². The second-order valence-corrected chi connectivity index (χ2v) is 7.55. The van der Waals surface area contributed by atoms with E-state index in [-0.39, 0.29) is 11.0 Å². The Balaban J connectivity index is 1.73. The van der Waals surface area contributed by atoms with Gasteiger partial charge in [0.25, 0.3) is 0 Å². The number of rotatable bonds is 3. The number of sulfonamides is 1. The molecule has 0 bridgehead atoms. The molecule has 2 aliphatic rings. The van der Waals surface area contributed by atoms with Crippen molar-refractivity contribution >= 4 is 10.0 Å². The Morgan fingerprint density at radius 1 is 1.43 bits per heavy atom. The molecule has 0 aromatic heterocycles. The fourth-order valence-electron chi connectivity index (χ4n) is 2.95. The zero-order valence-corrected chi connectivity index (χ0v) is 12.6. The largest absolute Gasteiger partial charge is 0.381 e. The predicted molar refractivity (Wildman–Crippen MR) is 73.9 cm³/mol.